The van der Waals surface area contributed by atoms with Crippen LogP contribution >= 0.6 is 0 Å². The second-order valence-corrected chi connectivity index (χ2v) is 9.44. The van der Waals surface area contributed by atoms with Gasteiger partial charge in [0, 0.05) is 44.4 Å². The topological polar surface area (TPSA) is 98.7 Å². The van der Waals surface area contributed by atoms with Gasteiger partial charge >= 0.3 is 5.97 Å². The molecule has 0 spiro atoms. The number of amides is 2. The Morgan fingerprint density at radius 1 is 0.944 bits per heavy atom. The van der Waals surface area contributed by atoms with Crippen molar-refractivity contribution < 1.29 is 19.5 Å². The largest absolute Gasteiger partial charge is 0.480 e. The molecule has 1 heterocycles. The zero-order chi connectivity index (χ0) is 25.5. The number of carbonyl (C=O) groups is 3. The number of aliphatic carboxylic acids is 1. The number of nitrogens with one attached hydrogen (secondary N) is 2. The first-order valence-electron chi connectivity index (χ1n) is 12.4. The molecule has 4 rings (SSSR count). The van der Waals surface area contributed by atoms with Crippen molar-refractivity contribution >= 4 is 28.6 Å². The van der Waals surface area contributed by atoms with Crippen molar-refractivity contribution in [2.45, 2.75) is 31.7 Å². The van der Waals surface area contributed by atoms with E-state index in [4.69, 9.17) is 5.11 Å². The molecule has 36 heavy (non-hydrogen) atoms. The molecule has 3 atom stereocenters. The lowest BCUT2D eigenvalue weighted by atomic mass is 9.88. The third-order valence-corrected chi connectivity index (χ3v) is 7.00. The Balaban J connectivity index is 1.41. The molecule has 0 aliphatic carbocycles. The first-order chi connectivity index (χ1) is 17.4. The molecule has 3 aromatic rings. The Labute approximate surface area is 211 Å². The number of carboxylic acid groups (broad SMARTS) is 1. The monoisotopic (exact) mass is 487 g/mol. The van der Waals surface area contributed by atoms with Gasteiger partial charge in [-0.15, -0.1) is 0 Å². The van der Waals surface area contributed by atoms with Crippen molar-refractivity contribution in [2.24, 2.45) is 5.92 Å². The lowest BCUT2D eigenvalue weighted by Gasteiger charge is -2.23. The quantitative estimate of drug-likeness (QED) is 0.405. The Morgan fingerprint density at radius 2 is 1.67 bits per heavy atom. The number of fused-ring (bicyclic) bond motifs is 1. The number of hydrogen-bond acceptors (Lipinski definition) is 4. The van der Waals surface area contributed by atoms with Crippen LogP contribution < -0.4 is 10.6 Å². The van der Waals surface area contributed by atoms with Gasteiger partial charge in [0.1, 0.15) is 6.54 Å². The summed E-state index contributed by atoms with van der Waals surface area (Å²) in [6.07, 6.45) is 0.0547. The van der Waals surface area contributed by atoms with Crippen LogP contribution in [-0.2, 0) is 14.4 Å². The highest BCUT2D eigenvalue weighted by molar-refractivity contribution is 5.86. The van der Waals surface area contributed by atoms with Crippen molar-refractivity contribution in [1.82, 2.24) is 15.5 Å². The van der Waals surface area contributed by atoms with Gasteiger partial charge in [-0.1, -0.05) is 72.8 Å². The fraction of sp³-hybridized carbons (Fsp3) is 0.345. The number of likely N-dealkylation sites (tertiary alicyclic amines) is 1. The molecule has 0 aromatic heterocycles. The molecular formula is C29H33N3O4. The summed E-state index contributed by atoms with van der Waals surface area (Å²) in [6.45, 7) is 3.72. The van der Waals surface area contributed by atoms with Gasteiger partial charge in [-0.3, -0.25) is 14.4 Å². The number of rotatable bonds is 10. The maximum atomic E-state index is 12.9. The van der Waals surface area contributed by atoms with Crippen LogP contribution in [0, 0.1) is 5.92 Å². The second kappa shape index (κ2) is 11.8. The zero-order valence-electron chi connectivity index (χ0n) is 20.5. The van der Waals surface area contributed by atoms with E-state index in [-0.39, 0.29) is 36.6 Å². The summed E-state index contributed by atoms with van der Waals surface area (Å²) in [5, 5.41) is 17.2. The van der Waals surface area contributed by atoms with Crippen LogP contribution in [0.4, 0.5) is 0 Å². The first-order valence-corrected chi connectivity index (χ1v) is 12.4. The van der Waals surface area contributed by atoms with Gasteiger partial charge in [0.2, 0.25) is 11.8 Å². The fourth-order valence-electron chi connectivity index (χ4n) is 5.07. The van der Waals surface area contributed by atoms with Crippen LogP contribution in [0.3, 0.4) is 0 Å². The predicted molar refractivity (Wildman–Crippen MR) is 139 cm³/mol. The van der Waals surface area contributed by atoms with Crippen LogP contribution in [0.15, 0.2) is 72.8 Å². The number of benzene rings is 3. The van der Waals surface area contributed by atoms with E-state index in [1.54, 1.807) is 0 Å². The minimum absolute atomic E-state index is 0.0142. The zero-order valence-corrected chi connectivity index (χ0v) is 20.5. The predicted octanol–water partition coefficient (Wildman–Crippen LogP) is 3.71. The van der Waals surface area contributed by atoms with Gasteiger partial charge < -0.3 is 20.6 Å². The van der Waals surface area contributed by atoms with E-state index in [1.165, 1.54) is 21.9 Å². The van der Waals surface area contributed by atoms with E-state index in [0.29, 0.717) is 13.1 Å². The highest BCUT2D eigenvalue weighted by atomic mass is 16.4. The average molecular weight is 488 g/mol. The molecule has 1 aliphatic rings. The van der Waals surface area contributed by atoms with E-state index in [1.807, 2.05) is 23.1 Å². The lowest BCUT2D eigenvalue weighted by Crippen LogP contribution is -2.33. The molecule has 1 fully saturated rings. The van der Waals surface area contributed by atoms with Gasteiger partial charge in [0.05, 0.1) is 0 Å². The molecule has 0 bridgehead atoms. The Hall–Kier alpha value is -3.71. The number of carbonyl (C=O) groups excluding carboxylic acids is 2. The average Bonchev–Trinajstić information content (AvgIpc) is 3.33. The van der Waals surface area contributed by atoms with E-state index in [9.17, 15) is 14.4 Å². The maximum Gasteiger partial charge on any atom is 0.322 e. The highest BCUT2D eigenvalue weighted by Gasteiger charge is 2.36. The van der Waals surface area contributed by atoms with Crippen molar-refractivity contribution in [3.63, 3.8) is 0 Å². The summed E-state index contributed by atoms with van der Waals surface area (Å²) < 4.78 is 0. The van der Waals surface area contributed by atoms with Gasteiger partial charge in [0.25, 0.3) is 0 Å². The SMILES string of the molecule is C[C@@H](NC[C@@H]1CN(C(=O)CCC(=O)NCC(=O)O)C[C@@H]1c1ccccc1)c1cccc2ccccc12. The van der Waals surface area contributed by atoms with Crippen molar-refractivity contribution in [3.05, 3.63) is 83.9 Å². The molecule has 3 aromatic carbocycles. The molecule has 188 valence electrons. The smallest absolute Gasteiger partial charge is 0.322 e. The van der Waals surface area contributed by atoms with Gasteiger partial charge in [-0.2, -0.15) is 0 Å². The fourth-order valence-corrected chi connectivity index (χ4v) is 5.07. The van der Waals surface area contributed by atoms with Gasteiger partial charge in [-0.25, -0.2) is 0 Å². The molecule has 0 saturated carbocycles. The summed E-state index contributed by atoms with van der Waals surface area (Å²) >= 11 is 0. The molecule has 0 radical (unpaired) electrons. The van der Waals surface area contributed by atoms with Crippen LogP contribution in [0.2, 0.25) is 0 Å². The third kappa shape index (κ3) is 6.29. The summed E-state index contributed by atoms with van der Waals surface area (Å²) in [4.78, 5) is 37.3. The standard InChI is InChI=1S/C29H33N3O4/c1-20(24-13-7-11-21-10-5-6-12-25(21)24)30-16-23-18-32(19-26(23)22-8-3-2-4-9-22)28(34)15-14-27(33)31-17-29(35)36/h2-13,20,23,26,30H,14-19H2,1H3,(H,31,33)(H,35,36)/t20-,23-,26-/m1/s1. The molecule has 3 N–H and O–H groups in total. The second-order valence-electron chi connectivity index (χ2n) is 9.44. The summed E-state index contributed by atoms with van der Waals surface area (Å²) in [6, 6.07) is 25.2. The van der Waals surface area contributed by atoms with Crippen LogP contribution in [-0.4, -0.2) is 54.0 Å². The van der Waals surface area contributed by atoms with Gasteiger partial charge in [-0.05, 0) is 34.7 Å². The molecular weight excluding hydrogens is 454 g/mol. The van der Waals surface area contributed by atoms with Crippen molar-refractivity contribution in [1.29, 1.82) is 0 Å². The van der Waals surface area contributed by atoms with E-state index >= 15 is 0 Å². The first kappa shape index (κ1) is 25.4. The minimum atomic E-state index is -1.10. The molecule has 7 heteroatoms. The van der Waals surface area contributed by atoms with Crippen molar-refractivity contribution in [2.75, 3.05) is 26.2 Å². The Kier molecular flexibility index (Phi) is 8.33. The molecule has 2 amide bonds. The van der Waals surface area contributed by atoms with Crippen LogP contribution in [0.1, 0.15) is 42.9 Å². The third-order valence-electron chi connectivity index (χ3n) is 7.00. The van der Waals surface area contributed by atoms with Crippen LogP contribution in [0.5, 0.6) is 0 Å². The Bertz CT molecular complexity index is 1210. The maximum absolute atomic E-state index is 12.9. The summed E-state index contributed by atoms with van der Waals surface area (Å²) in [7, 11) is 0. The minimum Gasteiger partial charge on any atom is -0.480 e. The molecule has 0 unspecified atom stereocenters. The number of hydrogen-bond donors (Lipinski definition) is 3. The summed E-state index contributed by atoms with van der Waals surface area (Å²) in [5.41, 5.74) is 2.46. The molecule has 1 aliphatic heterocycles. The van der Waals surface area contributed by atoms with E-state index in [0.717, 1.165) is 6.54 Å². The number of nitrogens with zero attached hydrogens (tertiary/aromatic N) is 1. The molecule has 1 saturated heterocycles. The number of carboxylic acids is 1. The lowest BCUT2D eigenvalue weighted by molar-refractivity contribution is -0.138. The van der Waals surface area contributed by atoms with Crippen LogP contribution in [0.25, 0.3) is 10.8 Å². The van der Waals surface area contributed by atoms with Gasteiger partial charge in [0.15, 0.2) is 0 Å². The Morgan fingerprint density at radius 3 is 2.44 bits per heavy atom. The van der Waals surface area contributed by atoms with Crippen molar-refractivity contribution in [3.8, 4) is 0 Å². The summed E-state index contributed by atoms with van der Waals surface area (Å²) in [5.74, 6) is -1.18. The highest BCUT2D eigenvalue weighted by Crippen LogP contribution is 2.33. The normalized spacial score (nSPS) is 18.2. The van der Waals surface area contributed by atoms with E-state index < -0.39 is 18.4 Å². The molecule has 7 nitrogen and oxygen atoms in total. The van der Waals surface area contributed by atoms with E-state index in [2.05, 4.69) is 72.2 Å².